The number of unbranched alkanes of at least 4 members (excludes halogenated alkanes) is 1. The highest BCUT2D eigenvalue weighted by molar-refractivity contribution is 5.80. The van der Waals surface area contributed by atoms with Gasteiger partial charge in [0.15, 0.2) is 5.96 Å². The molecule has 0 aliphatic carbocycles. The Labute approximate surface area is 164 Å². The van der Waals surface area contributed by atoms with Crippen LogP contribution < -0.4 is 5.32 Å². The highest BCUT2D eigenvalue weighted by Crippen LogP contribution is 2.32. The van der Waals surface area contributed by atoms with E-state index in [4.69, 9.17) is 9.47 Å². The fourth-order valence-corrected chi connectivity index (χ4v) is 3.03. The maximum Gasteiger partial charge on any atom is 0.416 e. The number of nitrogens with zero attached hydrogens (tertiary/aromatic N) is 2. The Morgan fingerprint density at radius 2 is 2.14 bits per heavy atom. The Bertz CT molecular complexity index is 623. The minimum atomic E-state index is -4.36. The lowest BCUT2D eigenvalue weighted by Crippen LogP contribution is -2.48. The Morgan fingerprint density at radius 1 is 1.32 bits per heavy atom. The fourth-order valence-electron chi connectivity index (χ4n) is 3.03. The van der Waals surface area contributed by atoms with E-state index in [1.807, 2.05) is 13.8 Å². The fraction of sp³-hybridized carbons (Fsp3) is 0.650. The van der Waals surface area contributed by atoms with Gasteiger partial charge in [-0.05, 0) is 44.4 Å². The van der Waals surface area contributed by atoms with Gasteiger partial charge in [0, 0.05) is 32.8 Å². The summed E-state index contributed by atoms with van der Waals surface area (Å²) in [6, 6.07) is 5.36. The van der Waals surface area contributed by atoms with E-state index >= 15 is 0 Å². The monoisotopic (exact) mass is 401 g/mol. The number of aliphatic imine (C=N–C) groups is 1. The molecule has 1 fully saturated rings. The van der Waals surface area contributed by atoms with Crippen LogP contribution in [-0.2, 0) is 15.7 Å². The molecule has 1 aromatic carbocycles. The summed E-state index contributed by atoms with van der Waals surface area (Å²) in [5, 5.41) is 3.27. The molecule has 0 saturated carbocycles. The molecule has 1 aromatic rings. The van der Waals surface area contributed by atoms with Crippen molar-refractivity contribution >= 4 is 5.96 Å². The number of nitrogens with one attached hydrogen (secondary N) is 1. The van der Waals surface area contributed by atoms with Gasteiger partial charge < -0.3 is 19.7 Å². The van der Waals surface area contributed by atoms with Gasteiger partial charge in [0.1, 0.15) is 6.10 Å². The molecule has 1 aliphatic rings. The summed E-state index contributed by atoms with van der Waals surface area (Å²) >= 11 is 0. The summed E-state index contributed by atoms with van der Waals surface area (Å²) in [5.74, 6) is 0.777. The van der Waals surface area contributed by atoms with Crippen molar-refractivity contribution in [3.8, 4) is 0 Å². The number of hydrogen-bond donors (Lipinski definition) is 1. The third-order valence-corrected chi connectivity index (χ3v) is 4.45. The van der Waals surface area contributed by atoms with Gasteiger partial charge in [-0.1, -0.05) is 12.1 Å². The molecule has 1 N–H and O–H groups in total. The van der Waals surface area contributed by atoms with E-state index in [1.54, 1.807) is 6.07 Å². The highest BCUT2D eigenvalue weighted by atomic mass is 19.4. The van der Waals surface area contributed by atoms with Crippen molar-refractivity contribution < 1.29 is 22.6 Å². The van der Waals surface area contributed by atoms with Gasteiger partial charge in [0.05, 0.1) is 18.7 Å². The molecule has 28 heavy (non-hydrogen) atoms. The van der Waals surface area contributed by atoms with E-state index in [-0.39, 0.29) is 0 Å². The maximum atomic E-state index is 13.0. The molecule has 1 atom stereocenters. The topological polar surface area (TPSA) is 46.1 Å². The molecule has 0 bridgehead atoms. The predicted octanol–water partition coefficient (Wildman–Crippen LogP) is 3.86. The zero-order valence-corrected chi connectivity index (χ0v) is 16.6. The second-order valence-electron chi connectivity index (χ2n) is 6.57. The molecular weight excluding hydrogens is 371 g/mol. The van der Waals surface area contributed by atoms with E-state index in [1.165, 1.54) is 12.1 Å². The quantitative estimate of drug-likeness (QED) is 0.408. The molecule has 1 unspecified atom stereocenters. The summed E-state index contributed by atoms with van der Waals surface area (Å²) in [6.45, 7) is 8.39. The number of alkyl halides is 3. The van der Waals surface area contributed by atoms with Crippen molar-refractivity contribution in [2.75, 3.05) is 46.0 Å². The highest BCUT2D eigenvalue weighted by Gasteiger charge is 2.32. The van der Waals surface area contributed by atoms with Crippen molar-refractivity contribution in [1.82, 2.24) is 10.2 Å². The van der Waals surface area contributed by atoms with Crippen LogP contribution in [0.4, 0.5) is 13.2 Å². The second kappa shape index (κ2) is 11.3. The van der Waals surface area contributed by atoms with Crippen molar-refractivity contribution in [2.45, 2.75) is 39.0 Å². The number of guanidine groups is 1. The lowest BCUT2D eigenvalue weighted by Gasteiger charge is -2.35. The molecular formula is C20H30F3N3O2. The summed E-state index contributed by atoms with van der Waals surface area (Å²) < 4.78 is 50.1. The lowest BCUT2D eigenvalue weighted by molar-refractivity contribution is -0.137. The van der Waals surface area contributed by atoms with Crippen molar-refractivity contribution in [3.63, 3.8) is 0 Å². The van der Waals surface area contributed by atoms with Gasteiger partial charge in [-0.15, -0.1) is 0 Å². The molecule has 1 heterocycles. The second-order valence-corrected chi connectivity index (χ2v) is 6.57. The van der Waals surface area contributed by atoms with Crippen molar-refractivity contribution in [3.05, 3.63) is 35.4 Å². The molecule has 1 aliphatic heterocycles. The molecule has 1 saturated heterocycles. The van der Waals surface area contributed by atoms with Crippen LogP contribution in [0.5, 0.6) is 0 Å². The molecule has 0 spiro atoms. The largest absolute Gasteiger partial charge is 0.416 e. The number of ether oxygens (including phenoxy) is 2. The number of benzene rings is 1. The minimum absolute atomic E-state index is 0.419. The Morgan fingerprint density at radius 3 is 2.86 bits per heavy atom. The molecule has 8 heteroatoms. The first-order valence-electron chi connectivity index (χ1n) is 9.85. The molecule has 0 aromatic heterocycles. The van der Waals surface area contributed by atoms with E-state index < -0.39 is 17.8 Å². The maximum absolute atomic E-state index is 13.0. The van der Waals surface area contributed by atoms with Crippen molar-refractivity contribution in [1.29, 1.82) is 0 Å². The standard InChI is InChI=1S/C20H30F3N3O2/c1-3-24-19(25-10-5-6-12-27-4-2)26-11-13-28-18(15-26)16-8-7-9-17(14-16)20(21,22)23/h7-9,14,18H,3-6,10-13,15H2,1-2H3,(H,24,25). The average Bonchev–Trinajstić information content (AvgIpc) is 2.69. The van der Waals surface area contributed by atoms with Crippen LogP contribution in [0.25, 0.3) is 0 Å². The summed E-state index contributed by atoms with van der Waals surface area (Å²) in [6.07, 6.45) is -2.90. The first kappa shape index (κ1) is 22.5. The summed E-state index contributed by atoms with van der Waals surface area (Å²) in [7, 11) is 0. The van der Waals surface area contributed by atoms with E-state index in [0.717, 1.165) is 44.6 Å². The van der Waals surface area contributed by atoms with E-state index in [9.17, 15) is 13.2 Å². The van der Waals surface area contributed by atoms with Gasteiger partial charge in [0.2, 0.25) is 0 Å². The first-order valence-corrected chi connectivity index (χ1v) is 9.85. The van der Waals surface area contributed by atoms with Crippen LogP contribution in [0.15, 0.2) is 29.3 Å². The Hall–Kier alpha value is -1.80. The molecule has 0 radical (unpaired) electrons. The minimum Gasteiger partial charge on any atom is -0.382 e. The van der Waals surface area contributed by atoms with Crippen LogP contribution >= 0.6 is 0 Å². The lowest BCUT2D eigenvalue weighted by atomic mass is 10.0. The average molecular weight is 401 g/mol. The van der Waals surface area contributed by atoms with Crippen LogP contribution in [0.2, 0.25) is 0 Å². The molecule has 5 nitrogen and oxygen atoms in total. The zero-order valence-electron chi connectivity index (χ0n) is 16.6. The Balaban J connectivity index is 2.01. The van der Waals surface area contributed by atoms with Gasteiger partial charge in [-0.3, -0.25) is 4.99 Å². The third-order valence-electron chi connectivity index (χ3n) is 4.45. The van der Waals surface area contributed by atoms with Crippen LogP contribution in [-0.4, -0.2) is 56.9 Å². The van der Waals surface area contributed by atoms with E-state index in [2.05, 4.69) is 15.2 Å². The summed E-state index contributed by atoms with van der Waals surface area (Å²) in [4.78, 5) is 6.72. The SMILES string of the molecule is CCNC(=NCCCCOCC)N1CCOC(c2cccc(C(F)(F)F)c2)C1. The van der Waals surface area contributed by atoms with Crippen LogP contribution in [0, 0.1) is 0 Å². The molecule has 2 rings (SSSR count). The first-order chi connectivity index (χ1) is 13.5. The molecule has 0 amide bonds. The van der Waals surface area contributed by atoms with Gasteiger partial charge in [-0.2, -0.15) is 13.2 Å². The van der Waals surface area contributed by atoms with Gasteiger partial charge >= 0.3 is 6.18 Å². The number of hydrogen-bond acceptors (Lipinski definition) is 3. The Kier molecular flexibility index (Phi) is 9.05. The zero-order chi connectivity index (χ0) is 20.4. The summed E-state index contributed by atoms with van der Waals surface area (Å²) in [5.41, 5.74) is -0.118. The number of morpholine rings is 1. The predicted molar refractivity (Wildman–Crippen MR) is 103 cm³/mol. The van der Waals surface area contributed by atoms with Crippen LogP contribution in [0.3, 0.4) is 0 Å². The van der Waals surface area contributed by atoms with E-state index in [0.29, 0.717) is 31.8 Å². The third kappa shape index (κ3) is 6.98. The number of halogens is 3. The normalized spacial score (nSPS) is 18.4. The van der Waals surface area contributed by atoms with Crippen LogP contribution in [0.1, 0.15) is 43.9 Å². The van der Waals surface area contributed by atoms with Crippen molar-refractivity contribution in [2.24, 2.45) is 4.99 Å². The number of rotatable bonds is 8. The smallest absolute Gasteiger partial charge is 0.382 e. The van der Waals surface area contributed by atoms with Gasteiger partial charge in [-0.25, -0.2) is 0 Å². The molecule has 158 valence electrons. The van der Waals surface area contributed by atoms with Gasteiger partial charge in [0.25, 0.3) is 0 Å².